The van der Waals surface area contributed by atoms with Gasteiger partial charge in [0.25, 0.3) is 0 Å². The second kappa shape index (κ2) is 6.51. The van der Waals surface area contributed by atoms with Crippen LogP contribution in [0.5, 0.6) is 0 Å². The second-order valence-corrected chi connectivity index (χ2v) is 5.97. The Kier molecular flexibility index (Phi) is 5.30. The van der Waals surface area contributed by atoms with E-state index in [0.29, 0.717) is 13.2 Å². The first kappa shape index (κ1) is 13.9. The summed E-state index contributed by atoms with van der Waals surface area (Å²) in [6.07, 6.45) is 2.68. The third kappa shape index (κ3) is 6.85. The highest BCUT2D eigenvalue weighted by Gasteiger charge is 2.01. The van der Waals surface area contributed by atoms with Gasteiger partial charge in [0.15, 0.2) is 0 Å². The number of aryl methyl sites for hydroxylation is 1. The first-order chi connectivity index (χ1) is 7.97. The number of ether oxygens (including phenoxy) is 1. The van der Waals surface area contributed by atoms with Crippen molar-refractivity contribution in [2.24, 2.45) is 0 Å². The van der Waals surface area contributed by atoms with E-state index in [4.69, 9.17) is 4.74 Å². The van der Waals surface area contributed by atoms with Gasteiger partial charge in [0.1, 0.15) is 22.0 Å². The molecular formula is C10H17N3O3S. The number of hydrogen-bond acceptors (Lipinski definition) is 6. The van der Waals surface area contributed by atoms with Crippen molar-refractivity contribution in [2.45, 2.75) is 6.92 Å². The van der Waals surface area contributed by atoms with Gasteiger partial charge in [0.2, 0.25) is 0 Å². The Balaban J connectivity index is 2.13. The molecule has 0 saturated carbocycles. The average Bonchev–Trinajstić information content (AvgIpc) is 2.22. The highest BCUT2D eigenvalue weighted by molar-refractivity contribution is 7.90. The monoisotopic (exact) mass is 259 g/mol. The van der Waals surface area contributed by atoms with Crippen LogP contribution in [-0.4, -0.2) is 50.2 Å². The molecule has 0 aromatic carbocycles. The Labute approximate surface area is 101 Å². The SMILES string of the molecule is Cc1cc(NCCOCCS(C)(=O)=O)ncn1. The van der Waals surface area contributed by atoms with Gasteiger partial charge in [-0.15, -0.1) is 0 Å². The number of anilines is 1. The molecule has 0 atom stereocenters. The molecule has 0 unspecified atom stereocenters. The lowest BCUT2D eigenvalue weighted by Gasteiger charge is -2.06. The molecule has 0 amide bonds. The van der Waals surface area contributed by atoms with Crippen LogP contribution in [0.2, 0.25) is 0 Å². The molecule has 0 bridgehead atoms. The lowest BCUT2D eigenvalue weighted by atomic mass is 10.4. The van der Waals surface area contributed by atoms with E-state index in [1.165, 1.54) is 12.6 Å². The van der Waals surface area contributed by atoms with Gasteiger partial charge in [0, 0.05) is 24.6 Å². The topological polar surface area (TPSA) is 81.2 Å². The van der Waals surface area contributed by atoms with Gasteiger partial charge in [0.05, 0.1) is 19.0 Å². The number of rotatable bonds is 7. The molecule has 1 aromatic rings. The summed E-state index contributed by atoms with van der Waals surface area (Å²) in [6.45, 7) is 3.14. The Morgan fingerprint density at radius 2 is 2.12 bits per heavy atom. The Hall–Kier alpha value is -1.21. The minimum absolute atomic E-state index is 0.0552. The van der Waals surface area contributed by atoms with E-state index in [9.17, 15) is 8.42 Å². The fourth-order valence-electron chi connectivity index (χ4n) is 1.11. The van der Waals surface area contributed by atoms with Crippen LogP contribution in [0, 0.1) is 6.92 Å². The second-order valence-electron chi connectivity index (χ2n) is 3.71. The van der Waals surface area contributed by atoms with Crippen LogP contribution in [-0.2, 0) is 14.6 Å². The van der Waals surface area contributed by atoms with E-state index < -0.39 is 9.84 Å². The quantitative estimate of drug-likeness (QED) is 0.707. The molecule has 17 heavy (non-hydrogen) atoms. The largest absolute Gasteiger partial charge is 0.379 e. The number of hydrogen-bond donors (Lipinski definition) is 1. The fourth-order valence-corrected chi connectivity index (χ4v) is 1.54. The highest BCUT2D eigenvalue weighted by atomic mass is 32.2. The summed E-state index contributed by atoms with van der Waals surface area (Å²) in [5, 5.41) is 3.06. The van der Waals surface area contributed by atoms with Crippen LogP contribution in [0.15, 0.2) is 12.4 Å². The van der Waals surface area contributed by atoms with Crippen molar-refractivity contribution in [3.63, 3.8) is 0 Å². The van der Waals surface area contributed by atoms with E-state index in [1.807, 2.05) is 13.0 Å². The molecule has 6 nitrogen and oxygen atoms in total. The molecule has 0 saturated heterocycles. The molecule has 0 radical (unpaired) electrons. The standard InChI is InChI=1S/C10H17N3O3S/c1-9-7-10(13-8-12-9)11-3-4-16-5-6-17(2,14)15/h7-8H,3-6H2,1-2H3,(H,11,12,13). The van der Waals surface area contributed by atoms with Gasteiger partial charge in [-0.1, -0.05) is 0 Å². The Morgan fingerprint density at radius 3 is 2.76 bits per heavy atom. The molecule has 0 fully saturated rings. The van der Waals surface area contributed by atoms with E-state index in [1.54, 1.807) is 0 Å². The van der Waals surface area contributed by atoms with Crippen LogP contribution in [0.25, 0.3) is 0 Å². The van der Waals surface area contributed by atoms with Crippen molar-refractivity contribution in [1.82, 2.24) is 9.97 Å². The number of sulfone groups is 1. The van der Waals surface area contributed by atoms with Crippen molar-refractivity contribution in [3.05, 3.63) is 18.1 Å². The van der Waals surface area contributed by atoms with Crippen molar-refractivity contribution in [3.8, 4) is 0 Å². The van der Waals surface area contributed by atoms with E-state index >= 15 is 0 Å². The molecule has 0 spiro atoms. The number of aromatic nitrogens is 2. The molecule has 0 aliphatic carbocycles. The predicted molar refractivity (Wildman–Crippen MR) is 65.8 cm³/mol. The molecule has 7 heteroatoms. The van der Waals surface area contributed by atoms with Crippen LogP contribution < -0.4 is 5.32 Å². The molecule has 1 rings (SSSR count). The van der Waals surface area contributed by atoms with Crippen molar-refractivity contribution < 1.29 is 13.2 Å². The van der Waals surface area contributed by atoms with E-state index in [0.717, 1.165) is 11.5 Å². The summed E-state index contributed by atoms with van der Waals surface area (Å²) < 4.78 is 26.8. The summed E-state index contributed by atoms with van der Waals surface area (Å²) in [7, 11) is -2.94. The molecular weight excluding hydrogens is 242 g/mol. The van der Waals surface area contributed by atoms with Gasteiger partial charge in [-0.05, 0) is 6.92 Å². The van der Waals surface area contributed by atoms with Crippen LogP contribution in [0.1, 0.15) is 5.69 Å². The zero-order valence-electron chi connectivity index (χ0n) is 10.0. The molecule has 1 aromatic heterocycles. The van der Waals surface area contributed by atoms with Gasteiger partial charge in [-0.3, -0.25) is 0 Å². The van der Waals surface area contributed by atoms with Gasteiger partial charge in [-0.25, -0.2) is 18.4 Å². The van der Waals surface area contributed by atoms with E-state index in [-0.39, 0.29) is 12.4 Å². The summed E-state index contributed by atoms with van der Waals surface area (Å²) in [5.74, 6) is 0.795. The first-order valence-corrected chi connectivity index (χ1v) is 7.31. The average molecular weight is 259 g/mol. The normalized spacial score (nSPS) is 11.4. The van der Waals surface area contributed by atoms with Crippen LogP contribution in [0.4, 0.5) is 5.82 Å². The summed E-state index contributed by atoms with van der Waals surface area (Å²) in [4.78, 5) is 8.00. The maximum absolute atomic E-state index is 10.8. The smallest absolute Gasteiger partial charge is 0.149 e. The maximum Gasteiger partial charge on any atom is 0.149 e. The zero-order chi connectivity index (χ0) is 12.7. The molecule has 0 aliphatic heterocycles. The molecule has 1 N–H and O–H groups in total. The maximum atomic E-state index is 10.8. The van der Waals surface area contributed by atoms with Crippen LogP contribution in [0.3, 0.4) is 0 Å². The lowest BCUT2D eigenvalue weighted by molar-refractivity contribution is 0.159. The van der Waals surface area contributed by atoms with Gasteiger partial charge >= 0.3 is 0 Å². The third-order valence-corrected chi connectivity index (χ3v) is 2.86. The zero-order valence-corrected chi connectivity index (χ0v) is 10.8. The molecule has 96 valence electrons. The first-order valence-electron chi connectivity index (χ1n) is 5.25. The predicted octanol–water partition coefficient (Wildman–Crippen LogP) is 0.258. The Bertz CT molecular complexity index is 448. The summed E-state index contributed by atoms with van der Waals surface area (Å²) in [5.41, 5.74) is 0.889. The van der Waals surface area contributed by atoms with Crippen molar-refractivity contribution in [1.29, 1.82) is 0 Å². The highest BCUT2D eigenvalue weighted by Crippen LogP contribution is 2.01. The van der Waals surface area contributed by atoms with Gasteiger partial charge in [-0.2, -0.15) is 0 Å². The van der Waals surface area contributed by atoms with Crippen LogP contribution >= 0.6 is 0 Å². The number of nitrogens with zero attached hydrogens (tertiary/aromatic N) is 2. The lowest BCUT2D eigenvalue weighted by Crippen LogP contribution is -2.15. The molecule has 0 aliphatic rings. The third-order valence-electron chi connectivity index (χ3n) is 1.95. The van der Waals surface area contributed by atoms with Gasteiger partial charge < -0.3 is 10.1 Å². The summed E-state index contributed by atoms with van der Waals surface area (Å²) >= 11 is 0. The molecule has 1 heterocycles. The number of nitrogens with one attached hydrogen (secondary N) is 1. The van der Waals surface area contributed by atoms with Crippen molar-refractivity contribution >= 4 is 15.7 Å². The Morgan fingerprint density at radius 1 is 1.35 bits per heavy atom. The fraction of sp³-hybridized carbons (Fsp3) is 0.600. The minimum atomic E-state index is -2.94. The van der Waals surface area contributed by atoms with Crippen molar-refractivity contribution in [2.75, 3.05) is 37.1 Å². The van der Waals surface area contributed by atoms with E-state index in [2.05, 4.69) is 15.3 Å². The summed E-state index contributed by atoms with van der Waals surface area (Å²) in [6, 6.07) is 1.83. The minimum Gasteiger partial charge on any atom is -0.379 e.